The summed E-state index contributed by atoms with van der Waals surface area (Å²) in [6.45, 7) is 16.3. The molecule has 3 nitrogen and oxygen atoms in total. The van der Waals surface area contributed by atoms with Gasteiger partial charge in [-0.25, -0.2) is 9.18 Å². The van der Waals surface area contributed by atoms with E-state index < -0.39 is 25.7 Å². The van der Waals surface area contributed by atoms with Gasteiger partial charge in [0.15, 0.2) is 8.32 Å². The lowest BCUT2D eigenvalue weighted by Crippen LogP contribution is -2.47. The maximum atomic E-state index is 14.2. The van der Waals surface area contributed by atoms with E-state index in [2.05, 4.69) is 40.4 Å². The van der Waals surface area contributed by atoms with Crippen LogP contribution in [-0.4, -0.2) is 27.0 Å². The highest BCUT2D eigenvalue weighted by Crippen LogP contribution is 2.40. The number of esters is 1. The molecule has 0 heterocycles. The van der Waals surface area contributed by atoms with Crippen molar-refractivity contribution in [3.8, 4) is 0 Å². The minimum atomic E-state index is -2.15. The van der Waals surface area contributed by atoms with E-state index in [9.17, 15) is 9.18 Å². The maximum absolute atomic E-state index is 14.2. The molecule has 0 aliphatic heterocycles. The molecule has 0 amide bonds. The molecule has 0 fully saturated rings. The Kier molecular flexibility index (Phi) is 6.54. The number of hydrogen-bond donors (Lipinski definition) is 0. The third-order valence-corrected chi connectivity index (χ3v) is 9.25. The molecule has 0 spiro atoms. The number of halogens is 1. The summed E-state index contributed by atoms with van der Waals surface area (Å²) < 4.78 is 25.5. The van der Waals surface area contributed by atoms with Crippen LogP contribution in [0.1, 0.15) is 33.3 Å². The van der Waals surface area contributed by atoms with Crippen LogP contribution in [0.5, 0.6) is 0 Å². The second-order valence-corrected chi connectivity index (χ2v) is 12.5. The standard InChI is InChI=1S/C20H29FO3Si/c1-9-20(5,24-25(7,8)19(2,3)4)14-16(18(22)23-6)15-12-10-11-13-17(15)21/h9-14H,1H2,2-8H3/b16-14+. The first-order valence-electron chi connectivity index (χ1n) is 8.27. The molecule has 0 N–H and O–H groups in total. The number of carbonyl (C=O) groups is 1. The Bertz CT molecular complexity index is 674. The summed E-state index contributed by atoms with van der Waals surface area (Å²) in [5.74, 6) is -1.10. The number of benzene rings is 1. The highest BCUT2D eigenvalue weighted by molar-refractivity contribution is 6.74. The fourth-order valence-corrected chi connectivity index (χ4v) is 3.70. The van der Waals surface area contributed by atoms with Crippen molar-refractivity contribution in [1.82, 2.24) is 0 Å². The maximum Gasteiger partial charge on any atom is 0.338 e. The van der Waals surface area contributed by atoms with Gasteiger partial charge >= 0.3 is 5.97 Å². The third kappa shape index (κ3) is 5.12. The van der Waals surface area contributed by atoms with Crippen molar-refractivity contribution in [2.24, 2.45) is 0 Å². The van der Waals surface area contributed by atoms with Crippen LogP contribution in [0, 0.1) is 5.82 Å². The van der Waals surface area contributed by atoms with Gasteiger partial charge in [0.1, 0.15) is 5.82 Å². The van der Waals surface area contributed by atoms with Gasteiger partial charge in [0, 0.05) is 5.56 Å². The number of rotatable bonds is 6. The van der Waals surface area contributed by atoms with Crippen LogP contribution in [0.25, 0.3) is 5.57 Å². The zero-order valence-electron chi connectivity index (χ0n) is 16.3. The van der Waals surface area contributed by atoms with Gasteiger partial charge in [0.25, 0.3) is 0 Å². The molecule has 5 heteroatoms. The van der Waals surface area contributed by atoms with Crippen molar-refractivity contribution in [1.29, 1.82) is 0 Å². The van der Waals surface area contributed by atoms with Crippen LogP contribution in [0.4, 0.5) is 4.39 Å². The molecule has 0 aliphatic rings. The first-order valence-corrected chi connectivity index (χ1v) is 11.2. The first-order chi connectivity index (χ1) is 11.4. The molecule has 0 aliphatic carbocycles. The van der Waals surface area contributed by atoms with E-state index in [1.807, 2.05) is 6.92 Å². The van der Waals surface area contributed by atoms with Crippen LogP contribution >= 0.6 is 0 Å². The van der Waals surface area contributed by atoms with Crippen LogP contribution in [0.15, 0.2) is 43.0 Å². The van der Waals surface area contributed by atoms with Gasteiger partial charge in [0.05, 0.1) is 18.3 Å². The molecule has 138 valence electrons. The lowest BCUT2D eigenvalue weighted by molar-refractivity contribution is -0.133. The Labute approximate surface area is 151 Å². The molecule has 25 heavy (non-hydrogen) atoms. The van der Waals surface area contributed by atoms with Gasteiger partial charge in [-0.1, -0.05) is 51.6 Å². The van der Waals surface area contributed by atoms with Crippen LogP contribution in [0.2, 0.25) is 18.1 Å². The van der Waals surface area contributed by atoms with E-state index >= 15 is 0 Å². The zero-order valence-corrected chi connectivity index (χ0v) is 17.3. The molecule has 0 saturated heterocycles. The minimum absolute atomic E-state index is 0.0193. The third-order valence-electron chi connectivity index (χ3n) is 4.69. The van der Waals surface area contributed by atoms with Crippen molar-refractivity contribution in [2.75, 3.05) is 7.11 Å². The molecular formula is C20H29FO3Si. The summed E-state index contributed by atoms with van der Waals surface area (Å²) in [5.41, 5.74) is -0.614. The SMILES string of the molecule is C=CC(C)(/C=C(/C(=O)OC)c1ccccc1F)O[Si](C)(C)C(C)(C)C. The molecule has 1 unspecified atom stereocenters. The summed E-state index contributed by atoms with van der Waals surface area (Å²) in [6.07, 6.45) is 3.24. The molecule has 0 radical (unpaired) electrons. The van der Waals surface area contributed by atoms with Gasteiger partial charge in [-0.05, 0) is 37.2 Å². The van der Waals surface area contributed by atoms with Gasteiger partial charge in [-0.2, -0.15) is 0 Å². The summed E-state index contributed by atoms with van der Waals surface area (Å²) in [5, 5.41) is -0.0193. The molecule has 1 rings (SSSR count). The molecule has 0 aromatic heterocycles. The quantitative estimate of drug-likeness (QED) is 0.295. The number of ether oxygens (including phenoxy) is 1. The van der Waals surface area contributed by atoms with Gasteiger partial charge < -0.3 is 9.16 Å². The fraction of sp³-hybridized carbons (Fsp3) is 0.450. The van der Waals surface area contributed by atoms with E-state index in [0.29, 0.717) is 0 Å². The normalized spacial score (nSPS) is 15.4. The Morgan fingerprint density at radius 1 is 1.20 bits per heavy atom. The predicted octanol–water partition coefficient (Wildman–Crippen LogP) is 5.35. The fourth-order valence-electron chi connectivity index (χ4n) is 2.16. The average Bonchev–Trinajstić information content (AvgIpc) is 2.51. The number of methoxy groups -OCH3 is 1. The summed E-state index contributed by atoms with van der Waals surface area (Å²) in [6, 6.07) is 6.11. The van der Waals surface area contributed by atoms with E-state index in [-0.39, 0.29) is 16.2 Å². The van der Waals surface area contributed by atoms with Crippen molar-refractivity contribution in [3.63, 3.8) is 0 Å². The zero-order chi connectivity index (χ0) is 19.5. The van der Waals surface area contributed by atoms with E-state index in [4.69, 9.17) is 9.16 Å². The second kappa shape index (κ2) is 7.66. The molecule has 0 saturated carbocycles. The molecule has 1 atom stereocenters. The lowest BCUT2D eigenvalue weighted by atomic mass is 9.97. The Morgan fingerprint density at radius 2 is 1.76 bits per heavy atom. The molecule has 0 bridgehead atoms. The average molecular weight is 365 g/mol. The second-order valence-electron chi connectivity index (χ2n) is 7.78. The summed E-state index contributed by atoms with van der Waals surface area (Å²) >= 11 is 0. The Hall–Kier alpha value is -1.72. The predicted molar refractivity (Wildman–Crippen MR) is 103 cm³/mol. The lowest BCUT2D eigenvalue weighted by Gasteiger charge is -2.42. The number of hydrogen-bond acceptors (Lipinski definition) is 3. The van der Waals surface area contributed by atoms with Crippen molar-refractivity contribution < 1.29 is 18.3 Å². The Morgan fingerprint density at radius 3 is 2.20 bits per heavy atom. The highest BCUT2D eigenvalue weighted by atomic mass is 28.4. The minimum Gasteiger partial charge on any atom is -0.465 e. The van der Waals surface area contributed by atoms with E-state index in [1.165, 1.54) is 13.2 Å². The van der Waals surface area contributed by atoms with E-state index in [0.717, 1.165) is 0 Å². The van der Waals surface area contributed by atoms with Crippen molar-refractivity contribution >= 4 is 19.9 Å². The van der Waals surface area contributed by atoms with Gasteiger partial charge in [0.2, 0.25) is 0 Å². The highest BCUT2D eigenvalue weighted by Gasteiger charge is 2.41. The largest absolute Gasteiger partial charge is 0.465 e. The van der Waals surface area contributed by atoms with E-state index in [1.54, 1.807) is 30.4 Å². The van der Waals surface area contributed by atoms with Crippen LogP contribution in [-0.2, 0) is 14.0 Å². The summed E-state index contributed by atoms with van der Waals surface area (Å²) in [4.78, 5) is 12.3. The molecule has 1 aromatic carbocycles. The number of carbonyl (C=O) groups excluding carboxylic acids is 1. The molecular weight excluding hydrogens is 335 g/mol. The van der Waals surface area contributed by atoms with Crippen LogP contribution in [0.3, 0.4) is 0 Å². The first kappa shape index (κ1) is 21.3. The molecule has 1 aromatic rings. The van der Waals surface area contributed by atoms with Crippen LogP contribution < -0.4 is 0 Å². The van der Waals surface area contributed by atoms with Gasteiger partial charge in [-0.3, -0.25) is 0 Å². The van der Waals surface area contributed by atoms with Gasteiger partial charge in [-0.15, -0.1) is 0 Å². The topological polar surface area (TPSA) is 35.5 Å². The summed E-state index contributed by atoms with van der Waals surface area (Å²) in [7, 11) is -0.875. The monoisotopic (exact) mass is 364 g/mol. The van der Waals surface area contributed by atoms with Crippen molar-refractivity contribution in [3.05, 3.63) is 54.4 Å². The smallest absolute Gasteiger partial charge is 0.338 e. The van der Waals surface area contributed by atoms with Crippen molar-refractivity contribution in [2.45, 2.75) is 51.4 Å². The Balaban J connectivity index is 3.45.